The zero-order chi connectivity index (χ0) is 9.47. The van der Waals surface area contributed by atoms with E-state index in [0.717, 1.165) is 22.2 Å². The molecule has 1 fully saturated rings. The number of nitrogens with zero attached hydrogens (tertiary/aromatic N) is 1. The molecule has 13 heavy (non-hydrogen) atoms. The van der Waals surface area contributed by atoms with Crippen LogP contribution in [0.3, 0.4) is 0 Å². The Morgan fingerprint density at radius 3 is 2.92 bits per heavy atom. The number of thioether (sulfide) groups is 1. The molecular weight excluding hydrogens is 200 g/mol. The molecule has 1 aliphatic rings. The maximum atomic E-state index is 6.36. The first-order chi connectivity index (χ1) is 6.13. The Labute approximate surface area is 86.9 Å². The number of aromatic nitrogens is 1. The Bertz CT molecular complexity index is 310. The summed E-state index contributed by atoms with van der Waals surface area (Å²) in [5.41, 5.74) is 7.29. The van der Waals surface area contributed by atoms with Gasteiger partial charge in [-0.15, -0.1) is 11.3 Å². The average Bonchev–Trinajstić information content (AvgIpc) is 2.62. The quantitative estimate of drug-likeness (QED) is 0.777. The summed E-state index contributed by atoms with van der Waals surface area (Å²) in [5.74, 6) is 2.72. The average molecular weight is 214 g/mol. The van der Waals surface area contributed by atoms with E-state index in [9.17, 15) is 0 Å². The standard InChI is InChI=1S/C9H14N2S2/c1-6-3-12-5-9(6,10)8-11-7(2)4-13-8/h4,6H,3,5,10H2,1-2H3. The second kappa shape index (κ2) is 3.26. The summed E-state index contributed by atoms with van der Waals surface area (Å²) in [6.45, 7) is 4.24. The minimum Gasteiger partial charge on any atom is -0.318 e. The predicted octanol–water partition coefficient (Wildman–Crippen LogP) is 1.99. The lowest BCUT2D eigenvalue weighted by Crippen LogP contribution is -2.42. The van der Waals surface area contributed by atoms with Crippen molar-refractivity contribution in [3.8, 4) is 0 Å². The molecule has 1 saturated heterocycles. The summed E-state index contributed by atoms with van der Waals surface area (Å²) in [4.78, 5) is 4.50. The van der Waals surface area contributed by atoms with Crippen LogP contribution in [0.25, 0.3) is 0 Å². The Morgan fingerprint density at radius 1 is 1.69 bits per heavy atom. The number of thiazole rings is 1. The van der Waals surface area contributed by atoms with Crippen LogP contribution in [-0.4, -0.2) is 16.5 Å². The van der Waals surface area contributed by atoms with Crippen LogP contribution in [0.1, 0.15) is 17.6 Å². The first kappa shape index (κ1) is 9.49. The molecule has 0 aliphatic carbocycles. The summed E-state index contributed by atoms with van der Waals surface area (Å²) < 4.78 is 0. The van der Waals surface area contributed by atoms with Crippen molar-refractivity contribution in [3.05, 3.63) is 16.1 Å². The van der Waals surface area contributed by atoms with Gasteiger partial charge in [-0.2, -0.15) is 11.8 Å². The lowest BCUT2D eigenvalue weighted by Gasteiger charge is -2.25. The van der Waals surface area contributed by atoms with Crippen molar-refractivity contribution in [3.63, 3.8) is 0 Å². The van der Waals surface area contributed by atoms with E-state index in [1.165, 1.54) is 0 Å². The van der Waals surface area contributed by atoms with Gasteiger partial charge in [-0.3, -0.25) is 0 Å². The van der Waals surface area contributed by atoms with Gasteiger partial charge in [-0.1, -0.05) is 6.92 Å². The van der Waals surface area contributed by atoms with Crippen LogP contribution < -0.4 is 5.73 Å². The topological polar surface area (TPSA) is 38.9 Å². The third-order valence-corrected chi connectivity index (χ3v) is 5.18. The van der Waals surface area contributed by atoms with Crippen molar-refractivity contribution in [1.82, 2.24) is 4.98 Å². The molecule has 0 amide bonds. The molecule has 4 heteroatoms. The van der Waals surface area contributed by atoms with Crippen molar-refractivity contribution < 1.29 is 0 Å². The summed E-state index contributed by atoms with van der Waals surface area (Å²) in [7, 11) is 0. The summed E-state index contributed by atoms with van der Waals surface area (Å²) >= 11 is 3.63. The highest BCUT2D eigenvalue weighted by atomic mass is 32.2. The molecule has 2 rings (SSSR count). The van der Waals surface area contributed by atoms with Crippen LogP contribution in [0.5, 0.6) is 0 Å². The van der Waals surface area contributed by atoms with Gasteiger partial charge in [0.25, 0.3) is 0 Å². The number of nitrogens with two attached hydrogens (primary N) is 1. The molecule has 72 valence electrons. The van der Waals surface area contributed by atoms with Gasteiger partial charge < -0.3 is 5.73 Å². The van der Waals surface area contributed by atoms with Gasteiger partial charge in [-0.25, -0.2) is 4.98 Å². The van der Waals surface area contributed by atoms with Crippen molar-refractivity contribution in [2.45, 2.75) is 19.4 Å². The largest absolute Gasteiger partial charge is 0.318 e. The third-order valence-electron chi connectivity index (χ3n) is 2.61. The fourth-order valence-corrected chi connectivity index (χ4v) is 4.18. The van der Waals surface area contributed by atoms with Gasteiger partial charge in [0, 0.05) is 16.8 Å². The Balaban J connectivity index is 2.33. The van der Waals surface area contributed by atoms with E-state index in [-0.39, 0.29) is 5.54 Å². The van der Waals surface area contributed by atoms with E-state index in [4.69, 9.17) is 5.73 Å². The van der Waals surface area contributed by atoms with E-state index < -0.39 is 0 Å². The molecule has 1 aromatic heterocycles. The third kappa shape index (κ3) is 1.51. The monoisotopic (exact) mass is 214 g/mol. The maximum absolute atomic E-state index is 6.36. The molecule has 2 unspecified atom stereocenters. The van der Waals surface area contributed by atoms with Crippen LogP contribution in [0.15, 0.2) is 5.38 Å². The summed E-state index contributed by atoms with van der Waals surface area (Å²) in [6, 6.07) is 0. The van der Waals surface area contributed by atoms with Crippen molar-refractivity contribution in [2.24, 2.45) is 11.7 Å². The molecule has 0 aromatic carbocycles. The Kier molecular flexibility index (Phi) is 2.38. The van der Waals surface area contributed by atoms with Gasteiger partial charge in [0.1, 0.15) is 5.01 Å². The Hall–Kier alpha value is -0.0600. The number of hydrogen-bond donors (Lipinski definition) is 1. The maximum Gasteiger partial charge on any atom is 0.114 e. The normalized spacial score (nSPS) is 33.9. The molecule has 2 atom stereocenters. The first-order valence-corrected chi connectivity index (χ1v) is 6.45. The van der Waals surface area contributed by atoms with Gasteiger partial charge in [0.2, 0.25) is 0 Å². The van der Waals surface area contributed by atoms with Crippen LogP contribution in [0.4, 0.5) is 0 Å². The number of rotatable bonds is 1. The molecule has 0 radical (unpaired) electrons. The van der Waals surface area contributed by atoms with E-state index in [2.05, 4.69) is 17.3 Å². The molecule has 1 aliphatic heterocycles. The van der Waals surface area contributed by atoms with E-state index in [1.807, 2.05) is 18.7 Å². The highest BCUT2D eigenvalue weighted by molar-refractivity contribution is 7.99. The van der Waals surface area contributed by atoms with E-state index >= 15 is 0 Å². The van der Waals surface area contributed by atoms with Gasteiger partial charge >= 0.3 is 0 Å². The minimum absolute atomic E-state index is 0.163. The highest BCUT2D eigenvalue weighted by Crippen LogP contribution is 2.40. The summed E-state index contributed by atoms with van der Waals surface area (Å²) in [5, 5.41) is 3.20. The fraction of sp³-hybridized carbons (Fsp3) is 0.667. The van der Waals surface area contributed by atoms with Crippen molar-refractivity contribution in [1.29, 1.82) is 0 Å². The molecule has 0 saturated carbocycles. The van der Waals surface area contributed by atoms with Gasteiger partial charge in [-0.05, 0) is 18.6 Å². The van der Waals surface area contributed by atoms with Crippen molar-refractivity contribution >= 4 is 23.1 Å². The first-order valence-electron chi connectivity index (χ1n) is 4.42. The smallest absolute Gasteiger partial charge is 0.114 e. The predicted molar refractivity (Wildman–Crippen MR) is 59.2 cm³/mol. The number of hydrogen-bond acceptors (Lipinski definition) is 4. The number of aryl methyl sites for hydroxylation is 1. The van der Waals surface area contributed by atoms with Crippen LogP contribution in [-0.2, 0) is 5.54 Å². The van der Waals surface area contributed by atoms with E-state index in [1.54, 1.807) is 11.3 Å². The molecule has 0 spiro atoms. The van der Waals surface area contributed by atoms with Gasteiger partial charge in [0.15, 0.2) is 0 Å². The fourth-order valence-electron chi connectivity index (χ4n) is 1.54. The molecular formula is C9H14N2S2. The molecule has 0 bridgehead atoms. The molecule has 2 N–H and O–H groups in total. The molecule has 1 aromatic rings. The van der Waals surface area contributed by atoms with Crippen LogP contribution in [0, 0.1) is 12.8 Å². The van der Waals surface area contributed by atoms with E-state index in [0.29, 0.717) is 5.92 Å². The zero-order valence-electron chi connectivity index (χ0n) is 7.91. The van der Waals surface area contributed by atoms with Crippen molar-refractivity contribution in [2.75, 3.05) is 11.5 Å². The minimum atomic E-state index is -0.163. The Morgan fingerprint density at radius 2 is 2.46 bits per heavy atom. The second-order valence-electron chi connectivity index (χ2n) is 3.75. The lowest BCUT2D eigenvalue weighted by atomic mass is 9.90. The molecule has 2 nitrogen and oxygen atoms in total. The highest BCUT2D eigenvalue weighted by Gasteiger charge is 2.40. The lowest BCUT2D eigenvalue weighted by molar-refractivity contribution is 0.380. The van der Waals surface area contributed by atoms with Gasteiger partial charge in [0.05, 0.1) is 5.54 Å². The molecule has 2 heterocycles. The second-order valence-corrected chi connectivity index (χ2v) is 5.64. The summed E-state index contributed by atoms with van der Waals surface area (Å²) in [6.07, 6.45) is 0. The SMILES string of the molecule is Cc1csc(C2(N)CSCC2C)n1. The zero-order valence-corrected chi connectivity index (χ0v) is 9.54. The van der Waals surface area contributed by atoms with Crippen LogP contribution in [0.2, 0.25) is 0 Å². The van der Waals surface area contributed by atoms with Crippen LogP contribution >= 0.6 is 23.1 Å².